The topological polar surface area (TPSA) is 72.1 Å². The molecule has 1 saturated heterocycles. The lowest BCUT2D eigenvalue weighted by Gasteiger charge is -2.34. The number of unbranched alkanes of at least 4 members (excludes halogenated alkanes) is 1. The third kappa shape index (κ3) is 3.66. The van der Waals surface area contributed by atoms with E-state index in [-0.39, 0.29) is 6.03 Å². The molecule has 0 atom stereocenters. The maximum absolute atomic E-state index is 12.9. The van der Waals surface area contributed by atoms with Crippen LogP contribution in [0, 0.1) is 0 Å². The van der Waals surface area contributed by atoms with Gasteiger partial charge in [-0.1, -0.05) is 29.5 Å². The van der Waals surface area contributed by atoms with E-state index in [2.05, 4.69) is 26.3 Å². The average Bonchev–Trinajstić information content (AvgIpc) is 3.41. The molecule has 0 bridgehead atoms. The van der Waals surface area contributed by atoms with Crippen LogP contribution in [0.3, 0.4) is 0 Å². The van der Waals surface area contributed by atoms with E-state index < -0.39 is 0 Å². The molecular weight excluding hydrogens is 378 g/mol. The first-order chi connectivity index (χ1) is 14.8. The molecule has 0 spiro atoms. The van der Waals surface area contributed by atoms with Crippen molar-refractivity contribution in [2.75, 3.05) is 32.7 Å². The van der Waals surface area contributed by atoms with Crippen LogP contribution < -0.4 is 0 Å². The molecule has 8 nitrogen and oxygen atoms in total. The number of aryl methyl sites for hydroxylation is 1. The largest absolute Gasteiger partial charge is 0.330 e. The molecule has 4 aromatic rings. The van der Waals surface area contributed by atoms with Gasteiger partial charge in [-0.2, -0.15) is 0 Å². The second kappa shape index (κ2) is 8.23. The van der Waals surface area contributed by atoms with E-state index in [1.54, 1.807) is 10.9 Å². The first-order valence-electron chi connectivity index (χ1n) is 10.5. The first-order valence-corrected chi connectivity index (χ1v) is 10.5. The van der Waals surface area contributed by atoms with Crippen molar-refractivity contribution in [3.63, 3.8) is 0 Å². The van der Waals surface area contributed by atoms with Gasteiger partial charge in [-0.15, -0.1) is 5.10 Å². The second-order valence-corrected chi connectivity index (χ2v) is 7.72. The smallest absolute Gasteiger partial charge is 0.321 e. The Kier molecular flexibility index (Phi) is 5.15. The molecule has 2 aromatic carbocycles. The summed E-state index contributed by atoms with van der Waals surface area (Å²) in [5, 5.41) is 8.47. The van der Waals surface area contributed by atoms with Gasteiger partial charge in [-0.3, -0.25) is 9.47 Å². The number of aromatic nitrogens is 5. The van der Waals surface area contributed by atoms with Crippen molar-refractivity contribution in [3.8, 4) is 0 Å². The summed E-state index contributed by atoms with van der Waals surface area (Å²) in [6, 6.07) is 15.8. The Morgan fingerprint density at radius 1 is 0.833 bits per heavy atom. The molecule has 0 aliphatic carbocycles. The number of imidazole rings is 1. The van der Waals surface area contributed by atoms with Gasteiger partial charge >= 0.3 is 6.03 Å². The Morgan fingerprint density at radius 3 is 2.37 bits per heavy atom. The molecule has 5 rings (SSSR count). The lowest BCUT2D eigenvalue weighted by atomic mass is 10.2. The standard InChI is InChI=1S/C22H25N7O/c30-22(28-17-23-18-7-1-3-9-20(18)28)27-15-13-26(14-16-27)11-5-6-12-29-21-10-4-2-8-19(21)24-25-29/h1-4,7-10,17H,5-6,11-16H2. The van der Waals surface area contributed by atoms with Crippen LogP contribution in [0.5, 0.6) is 0 Å². The molecule has 1 amide bonds. The van der Waals surface area contributed by atoms with Crippen molar-refractivity contribution in [3.05, 3.63) is 54.9 Å². The Balaban J connectivity index is 1.09. The van der Waals surface area contributed by atoms with Gasteiger partial charge in [-0.25, -0.2) is 14.5 Å². The molecule has 154 valence electrons. The number of carbonyl (C=O) groups is 1. The van der Waals surface area contributed by atoms with Crippen LogP contribution in [0.15, 0.2) is 54.9 Å². The second-order valence-electron chi connectivity index (χ2n) is 7.72. The van der Waals surface area contributed by atoms with Gasteiger partial charge in [0.15, 0.2) is 0 Å². The number of rotatable bonds is 5. The predicted octanol–water partition coefficient (Wildman–Crippen LogP) is 2.85. The number of para-hydroxylation sites is 3. The van der Waals surface area contributed by atoms with Crippen molar-refractivity contribution in [2.24, 2.45) is 0 Å². The maximum atomic E-state index is 12.9. The Bertz CT molecular complexity index is 1160. The van der Waals surface area contributed by atoms with Gasteiger partial charge in [-0.05, 0) is 43.7 Å². The van der Waals surface area contributed by atoms with Crippen molar-refractivity contribution < 1.29 is 4.79 Å². The Morgan fingerprint density at radius 2 is 1.53 bits per heavy atom. The van der Waals surface area contributed by atoms with Crippen molar-refractivity contribution in [1.29, 1.82) is 0 Å². The third-order valence-electron chi connectivity index (χ3n) is 5.82. The highest BCUT2D eigenvalue weighted by atomic mass is 16.2. The van der Waals surface area contributed by atoms with Crippen molar-refractivity contribution >= 4 is 28.1 Å². The first kappa shape index (κ1) is 18.7. The fourth-order valence-electron chi connectivity index (χ4n) is 4.11. The van der Waals surface area contributed by atoms with Crippen LogP contribution in [-0.2, 0) is 6.54 Å². The monoisotopic (exact) mass is 403 g/mol. The number of nitrogens with zero attached hydrogens (tertiary/aromatic N) is 7. The molecule has 1 aliphatic heterocycles. The number of amides is 1. The highest BCUT2D eigenvalue weighted by Gasteiger charge is 2.23. The molecule has 3 heterocycles. The molecule has 1 aliphatic rings. The van der Waals surface area contributed by atoms with Gasteiger partial charge < -0.3 is 4.90 Å². The summed E-state index contributed by atoms with van der Waals surface area (Å²) in [5.41, 5.74) is 3.76. The van der Waals surface area contributed by atoms with E-state index in [9.17, 15) is 4.79 Å². The average molecular weight is 403 g/mol. The zero-order valence-corrected chi connectivity index (χ0v) is 16.9. The van der Waals surface area contributed by atoms with Gasteiger partial charge in [0, 0.05) is 32.7 Å². The predicted molar refractivity (Wildman–Crippen MR) is 115 cm³/mol. The van der Waals surface area contributed by atoms with E-state index in [1.807, 2.05) is 52.0 Å². The van der Waals surface area contributed by atoms with E-state index in [0.717, 1.165) is 74.2 Å². The SMILES string of the molecule is O=C(N1CCN(CCCCn2nnc3ccccc32)CC1)n1cnc2ccccc21. The molecule has 30 heavy (non-hydrogen) atoms. The molecule has 2 aromatic heterocycles. The minimum absolute atomic E-state index is 0.0152. The van der Waals surface area contributed by atoms with Gasteiger partial charge in [0.25, 0.3) is 0 Å². The number of hydrogen-bond acceptors (Lipinski definition) is 5. The Hall–Kier alpha value is -3.26. The van der Waals surface area contributed by atoms with E-state index in [0.29, 0.717) is 0 Å². The summed E-state index contributed by atoms with van der Waals surface area (Å²) >= 11 is 0. The summed E-state index contributed by atoms with van der Waals surface area (Å²) in [7, 11) is 0. The van der Waals surface area contributed by atoms with Crippen LogP contribution in [-0.4, -0.2) is 73.1 Å². The van der Waals surface area contributed by atoms with E-state index >= 15 is 0 Å². The summed E-state index contributed by atoms with van der Waals surface area (Å²) in [5.74, 6) is 0. The van der Waals surface area contributed by atoms with Gasteiger partial charge in [0.05, 0.1) is 16.6 Å². The van der Waals surface area contributed by atoms with Crippen LogP contribution in [0.4, 0.5) is 4.79 Å². The molecular formula is C22H25N7O. The number of benzene rings is 2. The van der Waals surface area contributed by atoms with E-state index in [1.165, 1.54) is 0 Å². The number of carbonyl (C=O) groups excluding carboxylic acids is 1. The molecule has 0 N–H and O–H groups in total. The summed E-state index contributed by atoms with van der Waals surface area (Å²) in [6.07, 6.45) is 3.80. The van der Waals surface area contributed by atoms with Crippen LogP contribution in [0.2, 0.25) is 0 Å². The lowest BCUT2D eigenvalue weighted by Crippen LogP contribution is -2.49. The minimum Gasteiger partial charge on any atom is -0.321 e. The van der Waals surface area contributed by atoms with Gasteiger partial charge in [0.1, 0.15) is 11.8 Å². The molecule has 0 unspecified atom stereocenters. The van der Waals surface area contributed by atoms with Crippen LogP contribution in [0.25, 0.3) is 22.1 Å². The third-order valence-corrected chi connectivity index (χ3v) is 5.82. The molecule has 1 fully saturated rings. The zero-order valence-electron chi connectivity index (χ0n) is 16.9. The summed E-state index contributed by atoms with van der Waals surface area (Å²) < 4.78 is 3.65. The number of hydrogen-bond donors (Lipinski definition) is 0. The van der Waals surface area contributed by atoms with Crippen molar-refractivity contribution in [1.82, 2.24) is 34.3 Å². The van der Waals surface area contributed by atoms with Crippen molar-refractivity contribution in [2.45, 2.75) is 19.4 Å². The number of piperazine rings is 1. The minimum atomic E-state index is 0.0152. The highest BCUT2D eigenvalue weighted by Crippen LogP contribution is 2.15. The summed E-state index contributed by atoms with van der Waals surface area (Å²) in [4.78, 5) is 21.6. The van der Waals surface area contributed by atoms with Crippen LogP contribution in [0.1, 0.15) is 12.8 Å². The molecule has 8 heteroatoms. The number of fused-ring (bicyclic) bond motifs is 2. The fraction of sp³-hybridized carbons (Fsp3) is 0.364. The van der Waals surface area contributed by atoms with Crippen LogP contribution >= 0.6 is 0 Å². The highest BCUT2D eigenvalue weighted by molar-refractivity contribution is 5.89. The molecule has 0 saturated carbocycles. The van der Waals surface area contributed by atoms with Gasteiger partial charge in [0.2, 0.25) is 0 Å². The quantitative estimate of drug-likeness (QED) is 0.479. The zero-order chi connectivity index (χ0) is 20.3. The lowest BCUT2D eigenvalue weighted by molar-refractivity contribution is 0.139. The molecule has 0 radical (unpaired) electrons. The summed E-state index contributed by atoms with van der Waals surface area (Å²) in [6.45, 7) is 5.24. The normalized spacial score (nSPS) is 15.3. The Labute approximate surface area is 174 Å². The maximum Gasteiger partial charge on any atom is 0.330 e. The van der Waals surface area contributed by atoms with E-state index in [4.69, 9.17) is 0 Å². The fourth-order valence-corrected chi connectivity index (χ4v) is 4.11.